The molecule has 1 aromatic heterocycles. The molecule has 204 valence electrons. The minimum Gasteiger partial charge on any atom is -0.493 e. The molecule has 0 saturated carbocycles. The summed E-state index contributed by atoms with van der Waals surface area (Å²) < 4.78 is 17.8. The third-order valence-electron chi connectivity index (χ3n) is 7.25. The minimum absolute atomic E-state index is 0.0682. The molecule has 1 amide bonds. The van der Waals surface area contributed by atoms with E-state index < -0.39 is 11.4 Å². The standard InChI is InChI=1S/C30H32N2O6S/c1-30-12-7-8-19-14-25(36-2)26(16-23(19)30)38-21-10-11-22(28(34)35)24(15-21)37-13-6-4-3-5-9-20-18-39-29(31-20)32-27(33)17-30/h3-4,10-11,14-16,18H,5-9,12-13,17H2,1-2H3,(H,34,35)(H,31,32,33)/b4-3+/t30-/m1/s1. The number of nitrogens with zero attached hydrogens (tertiary/aromatic N) is 1. The van der Waals surface area contributed by atoms with E-state index in [1.807, 2.05) is 23.6 Å². The third-order valence-corrected chi connectivity index (χ3v) is 8.06. The number of thiazole rings is 1. The van der Waals surface area contributed by atoms with Gasteiger partial charge in [-0.3, -0.25) is 4.79 Å². The third kappa shape index (κ3) is 6.09. The van der Waals surface area contributed by atoms with Crippen LogP contribution in [0.25, 0.3) is 0 Å². The van der Waals surface area contributed by atoms with Crippen molar-refractivity contribution >= 4 is 28.3 Å². The van der Waals surface area contributed by atoms with Crippen LogP contribution >= 0.6 is 11.3 Å². The molecule has 1 aliphatic carbocycles. The molecule has 2 aliphatic rings. The molecule has 2 aromatic carbocycles. The quantitative estimate of drug-likeness (QED) is 0.350. The molecule has 1 aliphatic heterocycles. The van der Waals surface area contributed by atoms with Crippen LogP contribution in [-0.2, 0) is 23.1 Å². The Hall–Kier alpha value is -3.85. The van der Waals surface area contributed by atoms with Gasteiger partial charge in [-0.25, -0.2) is 9.78 Å². The van der Waals surface area contributed by atoms with Gasteiger partial charge in [0.1, 0.15) is 17.1 Å². The smallest absolute Gasteiger partial charge is 0.339 e. The molecule has 9 heteroatoms. The van der Waals surface area contributed by atoms with Crippen LogP contribution in [0.4, 0.5) is 5.13 Å². The first-order valence-corrected chi connectivity index (χ1v) is 14.0. The van der Waals surface area contributed by atoms with Gasteiger partial charge in [-0.05, 0) is 73.9 Å². The van der Waals surface area contributed by atoms with Crippen molar-refractivity contribution in [1.82, 2.24) is 4.98 Å². The maximum Gasteiger partial charge on any atom is 0.339 e. The number of carboxylic acid groups (broad SMARTS) is 1. The number of hydrogen-bond acceptors (Lipinski definition) is 7. The van der Waals surface area contributed by atoms with Crippen LogP contribution < -0.4 is 19.5 Å². The van der Waals surface area contributed by atoms with E-state index in [0.717, 1.165) is 48.9 Å². The number of nitrogens with one attached hydrogen (secondary N) is 1. The van der Waals surface area contributed by atoms with E-state index in [2.05, 4.69) is 23.3 Å². The molecular weight excluding hydrogens is 516 g/mol. The fourth-order valence-corrected chi connectivity index (χ4v) is 6.05. The number of anilines is 1. The molecule has 0 spiro atoms. The maximum absolute atomic E-state index is 13.2. The first-order chi connectivity index (χ1) is 18.8. The van der Waals surface area contributed by atoms with Gasteiger partial charge >= 0.3 is 5.97 Å². The van der Waals surface area contributed by atoms with Crippen LogP contribution in [-0.4, -0.2) is 35.7 Å². The Kier molecular flexibility index (Phi) is 7.88. The lowest BCUT2D eigenvalue weighted by Crippen LogP contribution is -2.32. The summed E-state index contributed by atoms with van der Waals surface area (Å²) in [5.41, 5.74) is 2.80. The van der Waals surface area contributed by atoms with Crippen molar-refractivity contribution in [2.75, 3.05) is 19.0 Å². The SMILES string of the molecule is COc1cc2c3cc1Oc1ccc(C(=O)O)c(c1)OCC/C=C/CCc1csc(n1)NC(=O)C[C@@]3(C)CCC2. The Morgan fingerprint density at radius 1 is 1.15 bits per heavy atom. The molecule has 0 radical (unpaired) electrons. The lowest BCUT2D eigenvalue weighted by atomic mass is 9.69. The molecule has 2 heterocycles. The maximum atomic E-state index is 13.2. The number of benzene rings is 2. The van der Waals surface area contributed by atoms with E-state index in [1.54, 1.807) is 19.2 Å². The van der Waals surface area contributed by atoms with Crippen LogP contribution in [0.3, 0.4) is 0 Å². The summed E-state index contributed by atoms with van der Waals surface area (Å²) in [5.74, 6) is 0.613. The van der Waals surface area contributed by atoms with E-state index >= 15 is 0 Å². The number of aromatic carboxylic acids is 1. The van der Waals surface area contributed by atoms with Crippen LogP contribution in [0.1, 0.15) is 66.2 Å². The first kappa shape index (κ1) is 26.7. The number of hydrogen-bond donors (Lipinski definition) is 2. The average Bonchev–Trinajstić information content (AvgIpc) is 3.34. The van der Waals surface area contributed by atoms with Gasteiger partial charge in [0.05, 0.1) is 19.4 Å². The Balaban J connectivity index is 1.53. The largest absolute Gasteiger partial charge is 0.493 e. The summed E-state index contributed by atoms with van der Waals surface area (Å²) in [6.45, 7) is 2.44. The molecule has 3 aromatic rings. The fourth-order valence-electron chi connectivity index (χ4n) is 5.29. The van der Waals surface area contributed by atoms with Gasteiger partial charge in [-0.15, -0.1) is 11.3 Å². The van der Waals surface area contributed by atoms with Gasteiger partial charge in [-0.2, -0.15) is 0 Å². The highest BCUT2D eigenvalue weighted by atomic mass is 32.1. The number of allylic oxidation sites excluding steroid dienone is 1. The molecule has 5 rings (SSSR count). The number of ether oxygens (including phenoxy) is 3. The van der Waals surface area contributed by atoms with Crippen LogP contribution in [0.5, 0.6) is 23.0 Å². The second-order valence-electron chi connectivity index (χ2n) is 10.2. The summed E-state index contributed by atoms with van der Waals surface area (Å²) in [4.78, 5) is 29.6. The number of aromatic nitrogens is 1. The molecule has 0 unspecified atom stereocenters. The molecule has 0 fully saturated rings. The summed E-state index contributed by atoms with van der Waals surface area (Å²) in [7, 11) is 1.59. The predicted octanol–water partition coefficient (Wildman–Crippen LogP) is 6.54. The van der Waals surface area contributed by atoms with Crippen molar-refractivity contribution in [2.24, 2.45) is 0 Å². The van der Waals surface area contributed by atoms with E-state index in [-0.39, 0.29) is 17.2 Å². The lowest BCUT2D eigenvalue weighted by molar-refractivity contribution is -0.117. The van der Waals surface area contributed by atoms with Gasteiger partial charge < -0.3 is 24.6 Å². The highest BCUT2D eigenvalue weighted by Crippen LogP contribution is 2.45. The number of rotatable bonds is 2. The Morgan fingerprint density at radius 3 is 2.82 bits per heavy atom. The topological polar surface area (TPSA) is 107 Å². The van der Waals surface area contributed by atoms with E-state index in [1.165, 1.54) is 17.4 Å². The zero-order valence-electron chi connectivity index (χ0n) is 22.1. The first-order valence-electron chi connectivity index (χ1n) is 13.1. The second kappa shape index (κ2) is 11.5. The van der Waals surface area contributed by atoms with Gasteiger partial charge in [0.2, 0.25) is 5.91 Å². The zero-order chi connectivity index (χ0) is 27.4. The highest BCUT2D eigenvalue weighted by molar-refractivity contribution is 7.13. The Morgan fingerprint density at radius 2 is 2.00 bits per heavy atom. The van der Waals surface area contributed by atoms with Crippen molar-refractivity contribution in [3.63, 3.8) is 0 Å². The summed E-state index contributed by atoms with van der Waals surface area (Å²) in [6.07, 6.45) is 9.29. The van der Waals surface area contributed by atoms with E-state index in [9.17, 15) is 14.7 Å². The van der Waals surface area contributed by atoms with Gasteiger partial charge in [0.25, 0.3) is 0 Å². The number of carbonyl (C=O) groups excluding carboxylic acids is 1. The molecule has 8 nitrogen and oxygen atoms in total. The van der Waals surface area contributed by atoms with Crippen LogP contribution in [0.15, 0.2) is 47.9 Å². The van der Waals surface area contributed by atoms with Crippen molar-refractivity contribution in [2.45, 2.75) is 57.3 Å². The van der Waals surface area contributed by atoms with Crippen molar-refractivity contribution in [3.05, 3.63) is 70.2 Å². The number of methoxy groups -OCH3 is 1. The van der Waals surface area contributed by atoms with Crippen LogP contribution in [0, 0.1) is 0 Å². The van der Waals surface area contributed by atoms with Crippen molar-refractivity contribution < 1.29 is 28.9 Å². The van der Waals surface area contributed by atoms with E-state index in [0.29, 0.717) is 41.8 Å². The number of fused-ring (bicyclic) bond motifs is 5. The zero-order valence-corrected chi connectivity index (χ0v) is 22.9. The molecular formula is C30H32N2O6S. The van der Waals surface area contributed by atoms with Crippen LogP contribution in [0.2, 0.25) is 0 Å². The molecule has 0 saturated heterocycles. The molecule has 2 N–H and O–H groups in total. The normalized spacial score (nSPS) is 20.4. The van der Waals surface area contributed by atoms with Gasteiger partial charge in [0.15, 0.2) is 16.6 Å². The Bertz CT molecular complexity index is 1410. The summed E-state index contributed by atoms with van der Waals surface area (Å²) >= 11 is 1.44. The number of amides is 1. The van der Waals surface area contributed by atoms with Gasteiger partial charge in [-0.1, -0.05) is 19.1 Å². The molecule has 39 heavy (non-hydrogen) atoms. The Labute approximate surface area is 231 Å². The fraction of sp³-hybridized carbons (Fsp3) is 0.367. The highest BCUT2D eigenvalue weighted by Gasteiger charge is 2.35. The monoisotopic (exact) mass is 548 g/mol. The minimum atomic E-state index is -1.07. The van der Waals surface area contributed by atoms with Gasteiger partial charge in [0, 0.05) is 23.3 Å². The van der Waals surface area contributed by atoms with E-state index in [4.69, 9.17) is 14.2 Å². The predicted molar refractivity (Wildman–Crippen MR) is 150 cm³/mol. The average molecular weight is 549 g/mol. The summed E-state index contributed by atoms with van der Waals surface area (Å²) in [6, 6.07) is 8.64. The van der Waals surface area contributed by atoms with Crippen molar-refractivity contribution in [3.8, 4) is 23.0 Å². The molecule has 1 atom stereocenters. The second-order valence-corrected chi connectivity index (χ2v) is 11.0. The number of carbonyl (C=O) groups is 2. The summed E-state index contributed by atoms with van der Waals surface area (Å²) in [5, 5.41) is 15.3. The van der Waals surface area contributed by atoms with Crippen molar-refractivity contribution in [1.29, 1.82) is 0 Å². The lowest BCUT2D eigenvalue weighted by Gasteiger charge is -2.36. The number of aryl methyl sites for hydroxylation is 2. The molecule has 6 bridgehead atoms. The number of carboxylic acids is 1.